The van der Waals surface area contributed by atoms with Gasteiger partial charge in [0.25, 0.3) is 5.91 Å². The van der Waals surface area contributed by atoms with Crippen LogP contribution in [0.3, 0.4) is 0 Å². The molecular formula is C21H26N2O3. The zero-order chi connectivity index (χ0) is 19.3. The highest BCUT2D eigenvalue weighted by atomic mass is 16.5. The number of nitrogens with zero attached hydrogens (tertiary/aromatic N) is 1. The first-order valence-electron chi connectivity index (χ1n) is 8.65. The summed E-state index contributed by atoms with van der Waals surface area (Å²) < 4.78 is 5.74. The molecule has 5 heteroatoms. The molecule has 0 saturated heterocycles. The van der Waals surface area contributed by atoms with E-state index in [1.54, 1.807) is 36.2 Å². The Kier molecular flexibility index (Phi) is 6.39. The van der Waals surface area contributed by atoms with E-state index in [0.717, 1.165) is 22.6 Å². The van der Waals surface area contributed by atoms with Gasteiger partial charge in [0, 0.05) is 25.3 Å². The maximum Gasteiger partial charge on any atom is 0.262 e. The van der Waals surface area contributed by atoms with Crippen LogP contribution in [0.5, 0.6) is 5.75 Å². The van der Waals surface area contributed by atoms with Crippen molar-refractivity contribution in [3.8, 4) is 5.75 Å². The number of amides is 2. The number of ether oxygens (including phenoxy) is 1. The normalized spacial score (nSPS) is 10.5. The molecule has 0 unspecified atom stereocenters. The van der Waals surface area contributed by atoms with Crippen molar-refractivity contribution in [2.24, 2.45) is 0 Å². The van der Waals surface area contributed by atoms with E-state index in [4.69, 9.17) is 4.74 Å². The lowest BCUT2D eigenvalue weighted by molar-refractivity contribution is -0.118. The van der Waals surface area contributed by atoms with E-state index in [2.05, 4.69) is 19.2 Å². The van der Waals surface area contributed by atoms with Crippen molar-refractivity contribution in [2.45, 2.75) is 33.6 Å². The summed E-state index contributed by atoms with van der Waals surface area (Å²) in [6.45, 7) is 7.63. The molecule has 0 spiro atoms. The molecule has 0 aliphatic rings. The standard InChI is InChI=1S/C21H26N2O3/c1-14(2)19-11-6-15(3)12-20(19)26-13-21(25)22-17-7-9-18(10-8-17)23(5)16(4)24/h6-12,14H,13H2,1-5H3,(H,22,25). The molecule has 26 heavy (non-hydrogen) atoms. The highest BCUT2D eigenvalue weighted by Gasteiger charge is 2.11. The van der Waals surface area contributed by atoms with Crippen molar-refractivity contribution in [3.63, 3.8) is 0 Å². The average Bonchev–Trinajstić information content (AvgIpc) is 2.59. The van der Waals surface area contributed by atoms with Crippen LogP contribution >= 0.6 is 0 Å². The van der Waals surface area contributed by atoms with Crippen LogP contribution in [0.2, 0.25) is 0 Å². The number of aryl methyl sites for hydroxylation is 1. The summed E-state index contributed by atoms with van der Waals surface area (Å²) in [5.74, 6) is 0.788. The maximum absolute atomic E-state index is 12.2. The van der Waals surface area contributed by atoms with Gasteiger partial charge in [-0.3, -0.25) is 9.59 Å². The first-order valence-corrected chi connectivity index (χ1v) is 8.65. The third kappa shape index (κ3) is 5.09. The smallest absolute Gasteiger partial charge is 0.262 e. The fourth-order valence-electron chi connectivity index (χ4n) is 2.53. The predicted octanol–water partition coefficient (Wildman–Crippen LogP) is 4.12. The molecule has 0 saturated carbocycles. The van der Waals surface area contributed by atoms with Crippen molar-refractivity contribution in [1.82, 2.24) is 0 Å². The second-order valence-electron chi connectivity index (χ2n) is 6.66. The topological polar surface area (TPSA) is 58.6 Å². The molecule has 0 aliphatic carbocycles. The van der Waals surface area contributed by atoms with Crippen molar-refractivity contribution in [1.29, 1.82) is 0 Å². The van der Waals surface area contributed by atoms with E-state index in [0.29, 0.717) is 11.6 Å². The second-order valence-corrected chi connectivity index (χ2v) is 6.66. The number of nitrogens with one attached hydrogen (secondary N) is 1. The van der Waals surface area contributed by atoms with Crippen molar-refractivity contribution < 1.29 is 14.3 Å². The largest absolute Gasteiger partial charge is 0.483 e. The summed E-state index contributed by atoms with van der Waals surface area (Å²) in [5, 5.41) is 2.80. The number of benzene rings is 2. The average molecular weight is 354 g/mol. The van der Waals surface area contributed by atoms with Crippen LogP contribution in [0.4, 0.5) is 11.4 Å². The number of carbonyl (C=O) groups is 2. The van der Waals surface area contributed by atoms with Crippen LogP contribution < -0.4 is 15.0 Å². The van der Waals surface area contributed by atoms with Gasteiger partial charge in [-0.15, -0.1) is 0 Å². The van der Waals surface area contributed by atoms with Crippen LogP contribution in [0.25, 0.3) is 0 Å². The van der Waals surface area contributed by atoms with Gasteiger partial charge in [-0.25, -0.2) is 0 Å². The molecule has 0 heterocycles. The molecule has 0 bridgehead atoms. The zero-order valence-corrected chi connectivity index (χ0v) is 16.0. The van der Waals surface area contributed by atoms with Gasteiger partial charge in [0.2, 0.25) is 5.91 Å². The van der Waals surface area contributed by atoms with Crippen LogP contribution in [0.15, 0.2) is 42.5 Å². The Balaban J connectivity index is 1.97. The molecule has 2 rings (SSSR count). The van der Waals surface area contributed by atoms with Crippen molar-refractivity contribution >= 4 is 23.2 Å². The fourth-order valence-corrected chi connectivity index (χ4v) is 2.53. The van der Waals surface area contributed by atoms with Gasteiger partial charge in [-0.05, 0) is 54.3 Å². The molecule has 0 fully saturated rings. The van der Waals surface area contributed by atoms with E-state index in [1.807, 2.05) is 25.1 Å². The molecule has 1 N–H and O–H groups in total. The van der Waals surface area contributed by atoms with Gasteiger partial charge < -0.3 is 15.0 Å². The molecular weight excluding hydrogens is 328 g/mol. The summed E-state index contributed by atoms with van der Waals surface area (Å²) in [7, 11) is 1.71. The Labute approximate surface area is 155 Å². The van der Waals surface area contributed by atoms with Crippen LogP contribution in [-0.4, -0.2) is 25.5 Å². The van der Waals surface area contributed by atoms with E-state index < -0.39 is 0 Å². The minimum absolute atomic E-state index is 0.0469. The van der Waals surface area contributed by atoms with Gasteiger partial charge in [0.1, 0.15) is 5.75 Å². The molecule has 2 amide bonds. The van der Waals surface area contributed by atoms with Crippen LogP contribution in [-0.2, 0) is 9.59 Å². The highest BCUT2D eigenvalue weighted by molar-refractivity contribution is 5.93. The lowest BCUT2D eigenvalue weighted by atomic mass is 10.0. The lowest BCUT2D eigenvalue weighted by Gasteiger charge is -2.16. The molecule has 2 aromatic carbocycles. The quantitative estimate of drug-likeness (QED) is 0.849. The summed E-state index contributed by atoms with van der Waals surface area (Å²) >= 11 is 0. The SMILES string of the molecule is CC(=O)N(C)c1ccc(NC(=O)COc2cc(C)ccc2C(C)C)cc1. The zero-order valence-electron chi connectivity index (χ0n) is 16.0. The first-order chi connectivity index (χ1) is 12.3. The summed E-state index contributed by atoms with van der Waals surface area (Å²) in [6.07, 6.45) is 0. The Morgan fingerprint density at radius 3 is 2.35 bits per heavy atom. The predicted molar refractivity (Wildman–Crippen MR) is 105 cm³/mol. The van der Waals surface area contributed by atoms with Crippen LogP contribution in [0.1, 0.15) is 37.8 Å². The van der Waals surface area contributed by atoms with E-state index in [-0.39, 0.29) is 18.4 Å². The fraction of sp³-hybridized carbons (Fsp3) is 0.333. The van der Waals surface area contributed by atoms with E-state index >= 15 is 0 Å². The third-order valence-electron chi connectivity index (χ3n) is 4.16. The second kappa shape index (κ2) is 8.52. The monoisotopic (exact) mass is 354 g/mol. The van der Waals surface area contributed by atoms with Gasteiger partial charge in [0.05, 0.1) is 0 Å². The van der Waals surface area contributed by atoms with Gasteiger partial charge in [0.15, 0.2) is 6.61 Å². The summed E-state index contributed by atoms with van der Waals surface area (Å²) in [5.41, 5.74) is 3.61. The molecule has 0 radical (unpaired) electrons. The number of hydrogen-bond donors (Lipinski definition) is 1. The third-order valence-corrected chi connectivity index (χ3v) is 4.16. The number of hydrogen-bond acceptors (Lipinski definition) is 3. The first kappa shape index (κ1) is 19.5. The summed E-state index contributed by atoms with van der Waals surface area (Å²) in [6, 6.07) is 13.1. The van der Waals surface area contributed by atoms with Gasteiger partial charge in [-0.1, -0.05) is 26.0 Å². The molecule has 2 aromatic rings. The molecule has 0 aliphatic heterocycles. The molecule has 5 nitrogen and oxygen atoms in total. The Morgan fingerprint density at radius 2 is 1.77 bits per heavy atom. The van der Waals surface area contributed by atoms with Gasteiger partial charge in [-0.2, -0.15) is 0 Å². The van der Waals surface area contributed by atoms with E-state index in [9.17, 15) is 9.59 Å². The van der Waals surface area contributed by atoms with Gasteiger partial charge >= 0.3 is 0 Å². The Morgan fingerprint density at radius 1 is 1.12 bits per heavy atom. The minimum Gasteiger partial charge on any atom is -0.483 e. The van der Waals surface area contributed by atoms with Crippen LogP contribution in [0, 0.1) is 6.92 Å². The Bertz CT molecular complexity index is 782. The molecule has 138 valence electrons. The summed E-state index contributed by atoms with van der Waals surface area (Å²) in [4.78, 5) is 25.1. The van der Waals surface area contributed by atoms with Crippen molar-refractivity contribution in [2.75, 3.05) is 23.9 Å². The number of carbonyl (C=O) groups excluding carboxylic acids is 2. The number of rotatable bonds is 6. The molecule has 0 aromatic heterocycles. The number of anilines is 2. The lowest BCUT2D eigenvalue weighted by Crippen LogP contribution is -2.23. The van der Waals surface area contributed by atoms with E-state index in [1.165, 1.54) is 6.92 Å². The highest BCUT2D eigenvalue weighted by Crippen LogP contribution is 2.27. The Hall–Kier alpha value is -2.82. The maximum atomic E-state index is 12.2. The molecule has 0 atom stereocenters. The minimum atomic E-state index is -0.228. The van der Waals surface area contributed by atoms with Crippen molar-refractivity contribution in [3.05, 3.63) is 53.6 Å².